The molecule has 9 aromatic rings. The number of aromatic nitrogens is 9. The molecule has 19 heteroatoms. The summed E-state index contributed by atoms with van der Waals surface area (Å²) in [7, 11) is 1.33. The molecule has 0 amide bonds. The molecule has 10 rings (SSSR count). The van der Waals surface area contributed by atoms with Crippen molar-refractivity contribution in [3.05, 3.63) is 169 Å². The van der Waals surface area contributed by atoms with Gasteiger partial charge in [0, 0.05) is 95.1 Å². The maximum absolute atomic E-state index is 12.5. The maximum Gasteiger partial charge on any atom is 0.357 e. The Hall–Kier alpha value is -8.48. The van der Waals surface area contributed by atoms with Crippen molar-refractivity contribution in [2.24, 2.45) is 0 Å². The van der Waals surface area contributed by atoms with Gasteiger partial charge in [0.25, 0.3) is 12.9 Å². The topological polar surface area (TPSA) is 209 Å². The fourth-order valence-corrected chi connectivity index (χ4v) is 6.37. The van der Waals surface area contributed by atoms with Gasteiger partial charge < -0.3 is 15.2 Å². The summed E-state index contributed by atoms with van der Waals surface area (Å²) < 4.78 is 54.4. The number of esters is 1. The average Bonchev–Trinajstić information content (AvgIpc) is 3.35. The number of halogens is 4. The molecule has 328 valence electrons. The summed E-state index contributed by atoms with van der Waals surface area (Å²) in [5.41, 5.74) is 4.76. The molecular weight excluding hydrogens is 849 g/mol. The number of carboxylic acid groups (broad SMARTS) is 1. The van der Waals surface area contributed by atoms with Crippen molar-refractivity contribution in [2.45, 2.75) is 25.7 Å². The van der Waals surface area contributed by atoms with Crippen LogP contribution in [0.3, 0.4) is 0 Å². The number of carboxylic acids is 1. The van der Waals surface area contributed by atoms with Crippen LogP contribution in [0.15, 0.2) is 135 Å². The number of nitrogens with one attached hydrogen (secondary N) is 1. The highest BCUT2D eigenvalue weighted by molar-refractivity contribution is 6.01. The minimum Gasteiger partial charge on any atom is -0.476 e. The van der Waals surface area contributed by atoms with Crippen LogP contribution in [0, 0.1) is 0 Å². The van der Waals surface area contributed by atoms with Gasteiger partial charge in [-0.15, -0.1) is 0 Å². The van der Waals surface area contributed by atoms with Crippen LogP contribution < -0.4 is 5.32 Å². The molecule has 0 aliphatic carbocycles. The van der Waals surface area contributed by atoms with Gasteiger partial charge in [-0.3, -0.25) is 39.7 Å². The van der Waals surface area contributed by atoms with Crippen LogP contribution in [0.25, 0.3) is 43.6 Å². The molecule has 9 aromatic heterocycles. The summed E-state index contributed by atoms with van der Waals surface area (Å²) in [6, 6.07) is 22.4. The highest BCUT2D eigenvalue weighted by Gasteiger charge is 2.19. The van der Waals surface area contributed by atoms with E-state index in [0.29, 0.717) is 50.6 Å². The largest absolute Gasteiger partial charge is 0.476 e. The zero-order chi connectivity index (χ0) is 46.1. The summed E-state index contributed by atoms with van der Waals surface area (Å²) in [5.74, 6) is -1.47. The van der Waals surface area contributed by atoms with Crippen molar-refractivity contribution >= 4 is 67.5 Å². The molecule has 0 bridgehead atoms. The smallest absolute Gasteiger partial charge is 0.357 e. The number of carbonyl (C=O) groups excluding carboxylic acids is 2. The van der Waals surface area contributed by atoms with E-state index in [-0.39, 0.29) is 17.1 Å². The van der Waals surface area contributed by atoms with Gasteiger partial charge in [-0.05, 0) is 91.7 Å². The lowest BCUT2D eigenvalue weighted by atomic mass is 10.0. The number of aromatic carboxylic acids is 1. The second kappa shape index (κ2) is 22.6. The average molecular weight is 885 g/mol. The number of carbonyl (C=O) groups is 3. The third kappa shape index (κ3) is 11.7. The molecular formula is C46H36F4N10O5. The van der Waals surface area contributed by atoms with Crippen LogP contribution >= 0.6 is 0 Å². The van der Waals surface area contributed by atoms with E-state index in [1.54, 1.807) is 110 Å². The predicted octanol–water partition coefficient (Wildman–Crippen LogP) is 9.13. The third-order valence-corrected chi connectivity index (χ3v) is 9.29. The summed E-state index contributed by atoms with van der Waals surface area (Å²) in [6.45, 7) is 0.861. The van der Waals surface area contributed by atoms with Crippen molar-refractivity contribution in [3.63, 3.8) is 0 Å². The molecule has 0 spiro atoms. The van der Waals surface area contributed by atoms with Gasteiger partial charge in [0.15, 0.2) is 17.7 Å². The Labute approximate surface area is 366 Å². The standard InChI is InChI=1S/C10H8N2O2.C9H10F2N2.C9H6F2N2.C9H6N2O2.C9H6N2O/c1-14-10(13)9-7-3-2-5-11-8(7)4-6-12-9;2*10-9(11)8-6-2-1-4-12-7(6)3-5-13-8;12-9(13)8-6-2-1-4-10-7(6)3-5-11-8;12-6-9-7-2-1-4-10-8(7)3-5-11-9/h2-6H,1H3;3,5,9,12H,1-2,4H2;1-5,9H;1-5H,(H,12,13);1-6H. The number of fused-ring (bicyclic) bond motifs is 5. The van der Waals surface area contributed by atoms with E-state index >= 15 is 0 Å². The second-order valence-corrected chi connectivity index (χ2v) is 13.3. The normalized spacial score (nSPS) is 11.3. The minimum absolute atomic E-state index is 0.0469. The Bertz CT molecular complexity index is 3050. The van der Waals surface area contributed by atoms with Crippen molar-refractivity contribution in [1.82, 2.24) is 44.9 Å². The number of hydrogen-bond donors (Lipinski definition) is 2. The van der Waals surface area contributed by atoms with Crippen molar-refractivity contribution in [3.8, 4) is 0 Å². The number of aldehydes is 1. The monoisotopic (exact) mass is 884 g/mol. The molecule has 15 nitrogen and oxygen atoms in total. The van der Waals surface area contributed by atoms with Crippen molar-refractivity contribution < 1.29 is 41.8 Å². The van der Waals surface area contributed by atoms with Gasteiger partial charge in [-0.2, -0.15) is 0 Å². The van der Waals surface area contributed by atoms with E-state index in [2.05, 4.69) is 54.9 Å². The van der Waals surface area contributed by atoms with Crippen molar-refractivity contribution in [2.75, 3.05) is 19.0 Å². The molecule has 0 saturated carbocycles. The number of hydrogen-bond acceptors (Lipinski definition) is 14. The molecule has 0 saturated heterocycles. The molecule has 0 fully saturated rings. The fourth-order valence-electron chi connectivity index (χ4n) is 6.37. The number of methoxy groups -OCH3 is 1. The van der Waals surface area contributed by atoms with E-state index in [1.165, 1.54) is 25.7 Å². The first-order chi connectivity index (χ1) is 31.6. The second-order valence-electron chi connectivity index (χ2n) is 13.3. The van der Waals surface area contributed by atoms with Crippen LogP contribution in [-0.4, -0.2) is 81.8 Å². The van der Waals surface area contributed by atoms with Crippen LogP contribution in [0.1, 0.15) is 67.7 Å². The highest BCUT2D eigenvalue weighted by Crippen LogP contribution is 2.29. The summed E-state index contributed by atoms with van der Waals surface area (Å²) >= 11 is 0. The van der Waals surface area contributed by atoms with E-state index in [4.69, 9.17) is 5.11 Å². The zero-order valence-electron chi connectivity index (χ0n) is 34.2. The SMILES string of the molecule is COC(=O)c1nccc2ncccc12.FC(F)c1nccc2c1CCCN2.FC(F)c1nccc2ncccc12.O=C(O)c1nccc2ncccc12.O=Cc1nccc2ncccc12. The van der Waals surface area contributed by atoms with Gasteiger partial charge in [-0.1, -0.05) is 0 Å². The van der Waals surface area contributed by atoms with Crippen LogP contribution in [-0.2, 0) is 11.2 Å². The molecule has 10 heterocycles. The van der Waals surface area contributed by atoms with Crippen molar-refractivity contribution in [1.29, 1.82) is 0 Å². The summed E-state index contributed by atoms with van der Waals surface area (Å²) in [4.78, 5) is 67.7. The number of pyridine rings is 9. The first-order valence-corrected chi connectivity index (χ1v) is 19.4. The lowest BCUT2D eigenvalue weighted by Crippen LogP contribution is -2.14. The van der Waals surface area contributed by atoms with Crippen LogP contribution in [0.5, 0.6) is 0 Å². The van der Waals surface area contributed by atoms with Gasteiger partial charge >= 0.3 is 11.9 Å². The first-order valence-electron chi connectivity index (χ1n) is 19.4. The summed E-state index contributed by atoms with van der Waals surface area (Å²) in [6.07, 6.45) is 11.2. The Balaban J connectivity index is 0.000000135. The minimum atomic E-state index is -2.55. The van der Waals surface area contributed by atoms with Crippen LogP contribution in [0.2, 0.25) is 0 Å². The lowest BCUT2D eigenvalue weighted by Gasteiger charge is -2.19. The molecule has 2 N–H and O–H groups in total. The zero-order valence-corrected chi connectivity index (χ0v) is 34.2. The van der Waals surface area contributed by atoms with E-state index in [9.17, 15) is 31.9 Å². The number of rotatable bonds is 5. The number of alkyl halides is 4. The number of ether oxygens (including phenoxy) is 1. The lowest BCUT2D eigenvalue weighted by molar-refractivity contribution is 0.0595. The highest BCUT2D eigenvalue weighted by atomic mass is 19.3. The molecule has 0 unspecified atom stereocenters. The summed E-state index contributed by atoms with van der Waals surface area (Å²) in [5, 5.41) is 14.4. The fraction of sp³-hybridized carbons (Fsp3) is 0.130. The Morgan fingerprint density at radius 3 is 1.60 bits per heavy atom. The Morgan fingerprint density at radius 1 is 0.585 bits per heavy atom. The molecule has 0 aromatic carbocycles. The Morgan fingerprint density at radius 2 is 1.05 bits per heavy atom. The molecule has 1 aliphatic heterocycles. The molecule has 0 atom stereocenters. The third-order valence-electron chi connectivity index (χ3n) is 9.29. The van der Waals surface area contributed by atoms with Gasteiger partial charge in [0.05, 0.1) is 29.2 Å². The van der Waals surface area contributed by atoms with E-state index in [0.717, 1.165) is 41.4 Å². The number of nitrogens with zero attached hydrogens (tertiary/aromatic N) is 9. The van der Waals surface area contributed by atoms with Gasteiger partial charge in [0.2, 0.25) is 0 Å². The van der Waals surface area contributed by atoms with Crippen LogP contribution in [0.4, 0.5) is 23.2 Å². The van der Waals surface area contributed by atoms with E-state index < -0.39 is 24.8 Å². The first kappa shape index (κ1) is 46.0. The molecule has 1 aliphatic rings. The van der Waals surface area contributed by atoms with Gasteiger partial charge in [-0.25, -0.2) is 37.1 Å². The predicted molar refractivity (Wildman–Crippen MR) is 233 cm³/mol. The maximum atomic E-state index is 12.5. The molecule has 65 heavy (non-hydrogen) atoms. The molecule has 0 radical (unpaired) electrons. The Kier molecular flexibility index (Phi) is 16.0. The number of anilines is 1. The van der Waals surface area contributed by atoms with E-state index in [1.807, 2.05) is 6.07 Å². The quantitative estimate of drug-likeness (QED) is 0.0938. The van der Waals surface area contributed by atoms with Gasteiger partial charge in [0.1, 0.15) is 17.1 Å².